The van der Waals surface area contributed by atoms with Crippen molar-refractivity contribution in [1.29, 1.82) is 0 Å². The van der Waals surface area contributed by atoms with Crippen LogP contribution in [0.15, 0.2) is 48.7 Å². The van der Waals surface area contributed by atoms with Crippen molar-refractivity contribution in [2.45, 2.75) is 19.8 Å². The summed E-state index contributed by atoms with van der Waals surface area (Å²) in [6.07, 6.45) is 3.76. The number of rotatable bonds is 8. The third kappa shape index (κ3) is 5.69. The summed E-state index contributed by atoms with van der Waals surface area (Å²) < 4.78 is 10.9. The first kappa shape index (κ1) is 21.1. The van der Waals surface area contributed by atoms with E-state index in [1.54, 1.807) is 43.6 Å². The molecule has 7 nitrogen and oxygen atoms in total. The smallest absolute Gasteiger partial charge is 0.274 e. The molecule has 1 amide bonds. The van der Waals surface area contributed by atoms with Gasteiger partial charge in [-0.25, -0.2) is 4.98 Å². The molecule has 0 fully saturated rings. The van der Waals surface area contributed by atoms with Gasteiger partial charge in [0.2, 0.25) is 0 Å². The molecule has 0 radical (unpaired) electrons. The Morgan fingerprint density at radius 3 is 2.90 bits per heavy atom. The lowest BCUT2D eigenvalue weighted by molar-refractivity contribution is 0.102. The van der Waals surface area contributed by atoms with Crippen molar-refractivity contribution in [3.05, 3.63) is 59.9 Å². The highest BCUT2D eigenvalue weighted by molar-refractivity contribution is 6.04. The molecule has 0 saturated carbocycles. The molecule has 0 aliphatic carbocycles. The molecule has 2 heterocycles. The van der Waals surface area contributed by atoms with Crippen LogP contribution in [0.25, 0.3) is 11.4 Å². The van der Waals surface area contributed by atoms with Gasteiger partial charge in [0.1, 0.15) is 18.1 Å². The van der Waals surface area contributed by atoms with Crippen LogP contribution in [0.3, 0.4) is 0 Å². The van der Waals surface area contributed by atoms with Crippen LogP contribution in [-0.4, -0.2) is 41.4 Å². The van der Waals surface area contributed by atoms with Crippen LogP contribution in [0.1, 0.15) is 35.8 Å². The van der Waals surface area contributed by atoms with E-state index in [1.165, 1.54) is 0 Å². The number of benzene rings is 1. The predicted molar refractivity (Wildman–Crippen MR) is 115 cm³/mol. The Morgan fingerprint density at radius 2 is 2.13 bits per heavy atom. The Bertz CT molecular complexity index is 1040. The lowest BCUT2D eigenvalue weighted by Crippen LogP contribution is -2.14. The van der Waals surface area contributed by atoms with E-state index in [-0.39, 0.29) is 11.6 Å². The number of H-pyrrole nitrogens is 1. The summed E-state index contributed by atoms with van der Waals surface area (Å²) in [4.78, 5) is 17.1. The van der Waals surface area contributed by atoms with E-state index in [0.29, 0.717) is 23.7 Å². The standard InChI is InChI=1S/C23H24N4O3/c1-3-4-14-30-15-6-7-17-10-11-20(22(16-17)29-2)26-23(28)21-9-5-8-18(25-21)19-12-13-24-27-19/h5,8-13,16H,3-4,14-15H2,1-2H3,(H,24,27)(H,26,28). The second-order valence-corrected chi connectivity index (χ2v) is 6.46. The minimum atomic E-state index is -0.335. The second kappa shape index (κ2) is 10.8. The molecule has 0 bridgehead atoms. The van der Waals surface area contributed by atoms with E-state index in [4.69, 9.17) is 9.47 Å². The Balaban J connectivity index is 1.68. The number of hydrogen-bond donors (Lipinski definition) is 2. The predicted octanol–water partition coefficient (Wildman–Crippen LogP) is 3.90. The lowest BCUT2D eigenvalue weighted by atomic mass is 10.2. The maximum atomic E-state index is 12.7. The maximum absolute atomic E-state index is 12.7. The molecule has 7 heteroatoms. The lowest BCUT2D eigenvalue weighted by Gasteiger charge is -2.10. The number of nitrogens with one attached hydrogen (secondary N) is 2. The molecule has 0 spiro atoms. The van der Waals surface area contributed by atoms with Gasteiger partial charge in [0.05, 0.1) is 24.2 Å². The number of amides is 1. The average molecular weight is 404 g/mol. The molecule has 0 atom stereocenters. The van der Waals surface area contributed by atoms with Gasteiger partial charge in [0, 0.05) is 18.4 Å². The van der Waals surface area contributed by atoms with Gasteiger partial charge in [-0.2, -0.15) is 5.10 Å². The van der Waals surface area contributed by atoms with Gasteiger partial charge in [-0.3, -0.25) is 9.89 Å². The normalized spacial score (nSPS) is 10.2. The summed E-state index contributed by atoms with van der Waals surface area (Å²) in [6, 6.07) is 12.4. The minimum Gasteiger partial charge on any atom is -0.495 e. The van der Waals surface area contributed by atoms with Crippen LogP contribution in [-0.2, 0) is 4.74 Å². The zero-order chi connectivity index (χ0) is 21.2. The number of hydrogen-bond acceptors (Lipinski definition) is 5. The average Bonchev–Trinajstić information content (AvgIpc) is 3.32. The first-order chi connectivity index (χ1) is 14.7. The summed E-state index contributed by atoms with van der Waals surface area (Å²) in [5.41, 5.74) is 2.99. The number of aromatic amines is 1. The molecule has 0 aliphatic rings. The first-order valence-electron chi connectivity index (χ1n) is 9.74. The molecule has 30 heavy (non-hydrogen) atoms. The fourth-order valence-electron chi connectivity index (χ4n) is 2.68. The third-order valence-corrected chi connectivity index (χ3v) is 4.26. The van der Waals surface area contributed by atoms with Crippen molar-refractivity contribution >= 4 is 11.6 Å². The quantitative estimate of drug-likeness (QED) is 0.439. The number of carbonyl (C=O) groups is 1. The van der Waals surface area contributed by atoms with Crippen molar-refractivity contribution in [1.82, 2.24) is 15.2 Å². The van der Waals surface area contributed by atoms with Crippen molar-refractivity contribution in [2.75, 3.05) is 25.6 Å². The van der Waals surface area contributed by atoms with Gasteiger partial charge < -0.3 is 14.8 Å². The number of unbranched alkanes of at least 4 members (excludes halogenated alkanes) is 1. The molecule has 2 aromatic heterocycles. The number of aromatic nitrogens is 3. The van der Waals surface area contributed by atoms with Crippen LogP contribution >= 0.6 is 0 Å². The summed E-state index contributed by atoms with van der Waals surface area (Å²) in [7, 11) is 1.55. The highest BCUT2D eigenvalue weighted by Gasteiger charge is 2.13. The maximum Gasteiger partial charge on any atom is 0.274 e. The fraction of sp³-hybridized carbons (Fsp3) is 0.261. The van der Waals surface area contributed by atoms with Gasteiger partial charge in [-0.15, -0.1) is 0 Å². The van der Waals surface area contributed by atoms with Crippen LogP contribution in [0.4, 0.5) is 5.69 Å². The van der Waals surface area contributed by atoms with Crippen molar-refractivity contribution in [3.63, 3.8) is 0 Å². The monoisotopic (exact) mass is 404 g/mol. The summed E-state index contributed by atoms with van der Waals surface area (Å²) >= 11 is 0. The molecule has 154 valence electrons. The van der Waals surface area contributed by atoms with Crippen LogP contribution in [0.5, 0.6) is 5.75 Å². The number of pyridine rings is 1. The fourth-order valence-corrected chi connectivity index (χ4v) is 2.68. The van der Waals surface area contributed by atoms with Gasteiger partial charge in [0.15, 0.2) is 0 Å². The number of ether oxygens (including phenoxy) is 2. The zero-order valence-electron chi connectivity index (χ0n) is 17.1. The molecule has 0 saturated heterocycles. The Labute approximate surface area is 175 Å². The molecule has 0 aliphatic heterocycles. The van der Waals surface area contributed by atoms with E-state index in [9.17, 15) is 4.79 Å². The van der Waals surface area contributed by atoms with E-state index in [1.807, 2.05) is 12.1 Å². The van der Waals surface area contributed by atoms with E-state index >= 15 is 0 Å². The molecule has 1 aromatic carbocycles. The van der Waals surface area contributed by atoms with E-state index < -0.39 is 0 Å². The molecule has 3 rings (SSSR count). The van der Waals surface area contributed by atoms with Crippen molar-refractivity contribution < 1.29 is 14.3 Å². The Hall–Kier alpha value is -3.63. The van der Waals surface area contributed by atoms with Gasteiger partial charge in [-0.1, -0.05) is 31.3 Å². The number of nitrogens with zero attached hydrogens (tertiary/aromatic N) is 2. The van der Waals surface area contributed by atoms with Gasteiger partial charge in [-0.05, 0) is 42.8 Å². The highest BCUT2D eigenvalue weighted by Crippen LogP contribution is 2.26. The summed E-state index contributed by atoms with van der Waals surface area (Å²) in [6.45, 7) is 3.22. The molecule has 3 aromatic rings. The number of anilines is 1. The zero-order valence-corrected chi connectivity index (χ0v) is 17.1. The van der Waals surface area contributed by atoms with Gasteiger partial charge >= 0.3 is 0 Å². The number of methoxy groups -OCH3 is 1. The highest BCUT2D eigenvalue weighted by atomic mass is 16.5. The SMILES string of the molecule is CCCCOCC#Cc1ccc(NC(=O)c2cccc(-c3ccn[nH]3)n2)c(OC)c1. The topological polar surface area (TPSA) is 89.1 Å². The largest absolute Gasteiger partial charge is 0.495 e. The Morgan fingerprint density at radius 1 is 1.23 bits per heavy atom. The number of carbonyl (C=O) groups excluding carboxylic acids is 1. The summed E-state index contributed by atoms with van der Waals surface area (Å²) in [5, 5.41) is 9.59. The van der Waals surface area contributed by atoms with E-state index in [0.717, 1.165) is 30.7 Å². The second-order valence-electron chi connectivity index (χ2n) is 6.46. The molecule has 2 N–H and O–H groups in total. The third-order valence-electron chi connectivity index (χ3n) is 4.26. The van der Waals surface area contributed by atoms with Crippen LogP contribution < -0.4 is 10.1 Å². The summed E-state index contributed by atoms with van der Waals surface area (Å²) in [5.74, 6) is 6.21. The Kier molecular flexibility index (Phi) is 7.58. The first-order valence-corrected chi connectivity index (χ1v) is 9.74. The molecular formula is C23H24N4O3. The van der Waals surface area contributed by atoms with Crippen molar-refractivity contribution in [2.24, 2.45) is 0 Å². The van der Waals surface area contributed by atoms with Crippen LogP contribution in [0.2, 0.25) is 0 Å². The van der Waals surface area contributed by atoms with Crippen LogP contribution in [0, 0.1) is 11.8 Å². The van der Waals surface area contributed by atoms with Gasteiger partial charge in [0.25, 0.3) is 5.91 Å². The molecule has 0 unspecified atom stereocenters. The minimum absolute atomic E-state index is 0.289. The van der Waals surface area contributed by atoms with Crippen molar-refractivity contribution in [3.8, 4) is 29.0 Å². The van der Waals surface area contributed by atoms with E-state index in [2.05, 4.69) is 39.3 Å². The molecular weight excluding hydrogens is 380 g/mol.